The van der Waals surface area contributed by atoms with E-state index >= 15 is 0 Å². The van der Waals surface area contributed by atoms with Crippen LogP contribution in [0.1, 0.15) is 22.6 Å². The fourth-order valence-electron chi connectivity index (χ4n) is 4.00. The summed E-state index contributed by atoms with van der Waals surface area (Å²) in [5.74, 6) is -1.33. The van der Waals surface area contributed by atoms with Crippen molar-refractivity contribution in [1.29, 1.82) is 0 Å². The van der Waals surface area contributed by atoms with Gasteiger partial charge in [0.15, 0.2) is 5.69 Å². The summed E-state index contributed by atoms with van der Waals surface area (Å²) in [5.41, 5.74) is 5.02. The number of carboxylic acid groups (broad SMARTS) is 1. The summed E-state index contributed by atoms with van der Waals surface area (Å²) >= 11 is 0. The normalized spacial score (nSPS) is 14.2. The maximum Gasteiger partial charge on any atom is 0.407 e. The number of fused-ring (bicyclic) bond motifs is 3. The number of benzene rings is 3. The van der Waals surface area contributed by atoms with Gasteiger partial charge in [0.25, 0.3) is 0 Å². The van der Waals surface area contributed by atoms with E-state index in [1.54, 1.807) is 0 Å². The summed E-state index contributed by atoms with van der Waals surface area (Å²) in [7, 11) is 0. The second-order valence-corrected chi connectivity index (χ2v) is 7.57. The number of amides is 1. The van der Waals surface area contributed by atoms with Gasteiger partial charge in [-0.25, -0.2) is 14.8 Å². The first-order valence-corrected chi connectivity index (χ1v) is 10.1. The highest BCUT2D eigenvalue weighted by Crippen LogP contribution is 2.44. The molecule has 0 heterocycles. The third kappa shape index (κ3) is 4.47. The Morgan fingerprint density at radius 2 is 1.53 bits per heavy atom. The Bertz CT molecular complexity index is 1080. The fourth-order valence-corrected chi connectivity index (χ4v) is 4.00. The quantitative estimate of drug-likeness (QED) is 0.424. The molecule has 1 amide bonds. The first kappa shape index (κ1) is 21.5. The molecule has 0 saturated carbocycles. The number of rotatable bonds is 7. The van der Waals surface area contributed by atoms with E-state index in [1.165, 1.54) is 24.3 Å². The molecule has 4 N–H and O–H groups in total. The summed E-state index contributed by atoms with van der Waals surface area (Å²) in [5, 5.41) is 30.8. The van der Waals surface area contributed by atoms with Crippen LogP contribution in [-0.4, -0.2) is 35.0 Å². The minimum atomic E-state index is -1.21. The van der Waals surface area contributed by atoms with Crippen molar-refractivity contribution in [2.75, 3.05) is 6.61 Å². The highest BCUT2D eigenvalue weighted by atomic mass is 16.8. The standard InChI is InChI=1S/C24H22N2O6/c27-23(28)22(13-15-9-11-16(12-10-15)26(30)31)25-24(29)32-14-21-19-7-3-1-5-17(19)18-6-2-4-8-20(18)21/h1-12,21-22,26,30H,13-14H2,(H,25,29)(H,27,28)/t22-/m0/s1. The Labute approximate surface area is 184 Å². The number of carbonyl (C=O) groups is 2. The average molecular weight is 434 g/mol. The summed E-state index contributed by atoms with van der Waals surface area (Å²) in [6.45, 7) is 0.0828. The van der Waals surface area contributed by atoms with E-state index in [1.807, 2.05) is 48.5 Å². The smallest absolute Gasteiger partial charge is 0.407 e. The molecular weight excluding hydrogens is 412 g/mol. The van der Waals surface area contributed by atoms with Crippen molar-refractivity contribution < 1.29 is 29.9 Å². The zero-order chi connectivity index (χ0) is 22.7. The van der Waals surface area contributed by atoms with Crippen molar-refractivity contribution in [3.05, 3.63) is 94.7 Å². The molecule has 1 unspecified atom stereocenters. The van der Waals surface area contributed by atoms with Crippen molar-refractivity contribution in [2.45, 2.75) is 18.4 Å². The van der Waals surface area contributed by atoms with Crippen molar-refractivity contribution in [3.8, 4) is 11.1 Å². The predicted molar refractivity (Wildman–Crippen MR) is 116 cm³/mol. The van der Waals surface area contributed by atoms with Gasteiger partial charge in [0.1, 0.15) is 12.6 Å². The van der Waals surface area contributed by atoms with Gasteiger partial charge in [0.2, 0.25) is 0 Å². The molecule has 0 aromatic heterocycles. The zero-order valence-corrected chi connectivity index (χ0v) is 17.0. The molecule has 3 aromatic carbocycles. The highest BCUT2D eigenvalue weighted by molar-refractivity contribution is 5.81. The van der Waals surface area contributed by atoms with Crippen molar-refractivity contribution >= 4 is 17.7 Å². The van der Waals surface area contributed by atoms with Crippen LogP contribution < -0.4 is 10.5 Å². The molecule has 0 aliphatic heterocycles. The summed E-state index contributed by atoms with van der Waals surface area (Å²) in [4.78, 5) is 24.0. The van der Waals surface area contributed by atoms with Crippen LogP contribution in [0, 0.1) is 5.21 Å². The molecule has 0 radical (unpaired) electrons. The lowest BCUT2D eigenvalue weighted by atomic mass is 9.98. The van der Waals surface area contributed by atoms with Crippen molar-refractivity contribution in [2.24, 2.45) is 0 Å². The Morgan fingerprint density at radius 3 is 2.06 bits per heavy atom. The van der Waals surface area contributed by atoms with Crippen LogP contribution in [0.2, 0.25) is 0 Å². The van der Waals surface area contributed by atoms with Gasteiger partial charge >= 0.3 is 12.1 Å². The average Bonchev–Trinajstić information content (AvgIpc) is 3.11. The second kappa shape index (κ2) is 9.19. The van der Waals surface area contributed by atoms with Crippen LogP contribution in [0.25, 0.3) is 11.1 Å². The van der Waals surface area contributed by atoms with Gasteiger partial charge < -0.3 is 20.4 Å². The van der Waals surface area contributed by atoms with Crippen molar-refractivity contribution in [1.82, 2.24) is 5.32 Å². The molecule has 0 saturated heterocycles. The van der Waals surface area contributed by atoms with E-state index in [4.69, 9.17) is 9.94 Å². The third-order valence-corrected chi connectivity index (χ3v) is 5.57. The number of hydrogen-bond donors (Lipinski definition) is 4. The van der Waals surface area contributed by atoms with Gasteiger partial charge in [-0.2, -0.15) is 5.23 Å². The van der Waals surface area contributed by atoms with E-state index < -0.39 is 23.3 Å². The highest BCUT2D eigenvalue weighted by Gasteiger charge is 2.29. The molecule has 0 spiro atoms. The Morgan fingerprint density at radius 1 is 0.969 bits per heavy atom. The summed E-state index contributed by atoms with van der Waals surface area (Å²) in [6, 6.07) is 20.5. The Kier molecular flexibility index (Phi) is 6.18. The maximum atomic E-state index is 12.4. The fraction of sp³-hybridized carbons (Fsp3) is 0.167. The van der Waals surface area contributed by atoms with Gasteiger partial charge in [-0.1, -0.05) is 60.7 Å². The number of carboxylic acids is 1. The predicted octanol–water partition coefficient (Wildman–Crippen LogP) is 2.62. The SMILES string of the molecule is O=C(N[C@@H](Cc1ccc([NH+]([O-])O)cc1)C(=O)O)OCC1c2ccccc2-c2ccccc21. The number of quaternary nitrogens is 1. The molecule has 1 aliphatic rings. The minimum Gasteiger partial charge on any atom is -0.595 e. The summed E-state index contributed by atoms with van der Waals surface area (Å²) in [6.07, 6.45) is -0.819. The van der Waals surface area contributed by atoms with Gasteiger partial charge in [0, 0.05) is 24.5 Å². The third-order valence-electron chi connectivity index (χ3n) is 5.57. The number of nitrogens with one attached hydrogen (secondary N) is 2. The number of alkyl carbamates (subject to hydrolysis) is 1. The van der Waals surface area contributed by atoms with Crippen LogP contribution >= 0.6 is 0 Å². The number of carbonyl (C=O) groups excluding carboxylic acids is 1. The van der Waals surface area contributed by atoms with Crippen LogP contribution in [0.3, 0.4) is 0 Å². The molecule has 32 heavy (non-hydrogen) atoms. The van der Waals surface area contributed by atoms with Crippen LogP contribution in [-0.2, 0) is 16.0 Å². The lowest BCUT2D eigenvalue weighted by Crippen LogP contribution is -2.99. The maximum absolute atomic E-state index is 12.4. The lowest BCUT2D eigenvalue weighted by Gasteiger charge is -2.18. The number of aliphatic carboxylic acids is 1. The molecule has 1 aliphatic carbocycles. The van der Waals surface area contributed by atoms with Gasteiger partial charge in [-0.15, -0.1) is 0 Å². The Balaban J connectivity index is 1.41. The molecule has 8 heteroatoms. The van der Waals surface area contributed by atoms with E-state index in [9.17, 15) is 19.9 Å². The van der Waals surface area contributed by atoms with E-state index in [0.717, 1.165) is 22.3 Å². The largest absolute Gasteiger partial charge is 0.595 e. The second-order valence-electron chi connectivity index (χ2n) is 7.57. The Hall–Kier alpha value is -3.72. The monoisotopic (exact) mass is 434 g/mol. The number of hydrogen-bond acceptors (Lipinski definition) is 5. The first-order chi connectivity index (χ1) is 15.4. The van der Waals surface area contributed by atoms with E-state index in [2.05, 4.69) is 5.32 Å². The first-order valence-electron chi connectivity index (χ1n) is 10.1. The molecule has 0 bridgehead atoms. The summed E-state index contributed by atoms with van der Waals surface area (Å²) < 4.78 is 5.42. The van der Waals surface area contributed by atoms with Gasteiger partial charge in [0.05, 0.1) is 0 Å². The van der Waals surface area contributed by atoms with Crippen LogP contribution in [0.5, 0.6) is 0 Å². The topological polar surface area (TPSA) is 123 Å². The molecule has 8 nitrogen and oxygen atoms in total. The van der Waals surface area contributed by atoms with Crippen molar-refractivity contribution in [3.63, 3.8) is 0 Å². The van der Waals surface area contributed by atoms with Crippen LogP contribution in [0.4, 0.5) is 10.5 Å². The molecule has 4 rings (SSSR count). The number of ether oxygens (including phenoxy) is 1. The molecular formula is C24H22N2O6. The zero-order valence-electron chi connectivity index (χ0n) is 17.0. The molecule has 0 fully saturated rings. The molecule has 2 atom stereocenters. The molecule has 3 aromatic rings. The molecule has 164 valence electrons. The van der Waals surface area contributed by atoms with E-state index in [-0.39, 0.29) is 24.6 Å². The van der Waals surface area contributed by atoms with Gasteiger partial charge in [-0.05, 0) is 27.8 Å². The van der Waals surface area contributed by atoms with Gasteiger partial charge in [-0.3, -0.25) is 0 Å². The lowest BCUT2D eigenvalue weighted by molar-refractivity contribution is -0.991. The van der Waals surface area contributed by atoms with Crippen LogP contribution in [0.15, 0.2) is 72.8 Å². The minimum absolute atomic E-state index is 0.000568. The van der Waals surface area contributed by atoms with E-state index in [0.29, 0.717) is 5.56 Å².